The molecule has 4 aliphatic rings. The van der Waals surface area contributed by atoms with Gasteiger partial charge in [-0.2, -0.15) is 0 Å². The van der Waals surface area contributed by atoms with Crippen molar-refractivity contribution in [3.8, 4) is 0 Å². The van der Waals surface area contributed by atoms with Gasteiger partial charge in [-0.25, -0.2) is 0 Å². The van der Waals surface area contributed by atoms with Crippen LogP contribution in [0.1, 0.15) is 106 Å². The van der Waals surface area contributed by atoms with Gasteiger partial charge in [0, 0.05) is 26.2 Å². The van der Waals surface area contributed by atoms with Crippen LogP contribution >= 0.6 is 0 Å². The van der Waals surface area contributed by atoms with Crippen LogP contribution in [0.5, 0.6) is 0 Å². The highest BCUT2D eigenvalue weighted by atomic mass is 16.5. The minimum Gasteiger partial charge on any atom is -0.463 e. The van der Waals surface area contributed by atoms with Crippen molar-refractivity contribution < 1.29 is 23.9 Å². The molecule has 0 heterocycles. The molecular weight excluding hydrogens is 440 g/mol. The number of rotatable bonds is 7. The predicted molar refractivity (Wildman–Crippen MR) is 135 cm³/mol. The SMILES string of the molecule is CC[C@H]1[C@@H](OC(C)=O)[C@@H]2[C@H](CC[C@]3(C)[C@@H]([C@H](C)CCC=O)CC[C@@H]23)[C@@]2(C)CC[C@@H](OC(C)=O)C[C@@H]12. The Morgan fingerprint density at radius 1 is 0.943 bits per heavy atom. The number of carbonyl (C=O) groups is 3. The predicted octanol–water partition coefficient (Wildman–Crippen LogP) is 6.37. The second-order valence-corrected chi connectivity index (χ2v) is 13.0. The highest BCUT2D eigenvalue weighted by molar-refractivity contribution is 5.66. The Bertz CT molecular complexity index is 809. The van der Waals surface area contributed by atoms with Crippen molar-refractivity contribution in [2.24, 2.45) is 52.3 Å². The van der Waals surface area contributed by atoms with E-state index in [2.05, 4.69) is 27.7 Å². The van der Waals surface area contributed by atoms with Gasteiger partial charge in [-0.1, -0.05) is 27.7 Å². The lowest BCUT2D eigenvalue weighted by molar-refractivity contribution is -0.219. The number of esters is 2. The number of hydrogen-bond donors (Lipinski definition) is 0. The maximum Gasteiger partial charge on any atom is 0.302 e. The molecule has 11 atom stereocenters. The Balaban J connectivity index is 1.69. The molecule has 0 aromatic heterocycles. The summed E-state index contributed by atoms with van der Waals surface area (Å²) < 4.78 is 12.0. The van der Waals surface area contributed by atoms with Crippen LogP contribution in [0.4, 0.5) is 0 Å². The van der Waals surface area contributed by atoms with Gasteiger partial charge < -0.3 is 14.3 Å². The summed E-state index contributed by atoms with van der Waals surface area (Å²) in [7, 11) is 0. The molecule has 4 saturated carbocycles. The molecule has 0 spiro atoms. The molecule has 4 rings (SSSR count). The lowest BCUT2D eigenvalue weighted by Gasteiger charge is -2.65. The third kappa shape index (κ3) is 4.59. The molecule has 0 radical (unpaired) electrons. The van der Waals surface area contributed by atoms with E-state index in [4.69, 9.17) is 9.47 Å². The smallest absolute Gasteiger partial charge is 0.302 e. The maximum atomic E-state index is 12.4. The van der Waals surface area contributed by atoms with Crippen LogP contribution in [0.25, 0.3) is 0 Å². The average molecular weight is 489 g/mol. The third-order valence-electron chi connectivity index (χ3n) is 11.5. The van der Waals surface area contributed by atoms with Gasteiger partial charge in [-0.15, -0.1) is 0 Å². The molecule has 0 saturated heterocycles. The minimum absolute atomic E-state index is 0.0162. The number of carbonyl (C=O) groups excluding carboxylic acids is 3. The van der Waals surface area contributed by atoms with Crippen molar-refractivity contribution in [1.29, 1.82) is 0 Å². The minimum atomic E-state index is -0.189. The molecule has 0 aromatic rings. The fourth-order valence-corrected chi connectivity index (χ4v) is 10.1. The molecule has 35 heavy (non-hydrogen) atoms. The molecule has 4 aliphatic carbocycles. The Hall–Kier alpha value is -1.39. The first-order valence-electron chi connectivity index (χ1n) is 14.3. The molecule has 0 bridgehead atoms. The zero-order valence-electron chi connectivity index (χ0n) is 22.9. The Labute approximate surface area is 212 Å². The average Bonchev–Trinajstić information content (AvgIpc) is 3.15. The largest absolute Gasteiger partial charge is 0.463 e. The Morgan fingerprint density at radius 2 is 1.60 bits per heavy atom. The topological polar surface area (TPSA) is 69.7 Å². The van der Waals surface area contributed by atoms with Gasteiger partial charge in [-0.05, 0) is 104 Å². The monoisotopic (exact) mass is 488 g/mol. The fourth-order valence-electron chi connectivity index (χ4n) is 10.1. The van der Waals surface area contributed by atoms with E-state index in [1.807, 2.05) is 0 Å². The summed E-state index contributed by atoms with van der Waals surface area (Å²) in [5, 5.41) is 0. The van der Waals surface area contributed by atoms with E-state index in [0.717, 1.165) is 38.4 Å². The van der Waals surface area contributed by atoms with Crippen LogP contribution in [0.15, 0.2) is 0 Å². The van der Waals surface area contributed by atoms with Crippen LogP contribution in [0.3, 0.4) is 0 Å². The van der Waals surface area contributed by atoms with Crippen molar-refractivity contribution in [3.63, 3.8) is 0 Å². The summed E-state index contributed by atoms with van der Waals surface area (Å²) in [5.74, 6) is 3.05. The lowest BCUT2D eigenvalue weighted by Crippen LogP contribution is -2.63. The highest BCUT2D eigenvalue weighted by Crippen LogP contribution is 2.70. The van der Waals surface area contributed by atoms with Crippen molar-refractivity contribution in [3.05, 3.63) is 0 Å². The van der Waals surface area contributed by atoms with Crippen molar-refractivity contribution in [2.75, 3.05) is 0 Å². The van der Waals surface area contributed by atoms with Gasteiger partial charge in [0.1, 0.15) is 18.5 Å². The van der Waals surface area contributed by atoms with Crippen LogP contribution in [-0.4, -0.2) is 30.4 Å². The van der Waals surface area contributed by atoms with Crippen LogP contribution in [0.2, 0.25) is 0 Å². The Kier molecular flexibility index (Phi) is 7.75. The Morgan fingerprint density at radius 3 is 2.23 bits per heavy atom. The highest BCUT2D eigenvalue weighted by Gasteiger charge is 2.66. The van der Waals surface area contributed by atoms with Crippen molar-refractivity contribution in [1.82, 2.24) is 0 Å². The molecule has 0 unspecified atom stereocenters. The standard InChI is InChI=1S/C30H48O5/c1-7-22-26-17-21(34-19(3)32)12-14-30(26,6)25-13-15-29(5)23(18(2)9-8-16-31)10-11-24(29)27(25)28(22)35-20(4)33/h16,18,21-28H,7-15,17H2,1-6H3/t18-,21-,22-,23-,24+,25+,26+,27+,28-,29-,30-/m1/s1. The van der Waals surface area contributed by atoms with Crippen molar-refractivity contribution in [2.45, 2.75) is 118 Å². The summed E-state index contributed by atoms with van der Waals surface area (Å²) in [4.78, 5) is 35.2. The normalized spacial score (nSPS) is 45.4. The summed E-state index contributed by atoms with van der Waals surface area (Å²) in [6.45, 7) is 12.7. The summed E-state index contributed by atoms with van der Waals surface area (Å²) in [5.41, 5.74) is 0.444. The zero-order chi connectivity index (χ0) is 25.5. The van der Waals surface area contributed by atoms with E-state index in [-0.39, 0.29) is 35.0 Å². The van der Waals surface area contributed by atoms with E-state index in [9.17, 15) is 14.4 Å². The zero-order valence-corrected chi connectivity index (χ0v) is 22.9. The van der Waals surface area contributed by atoms with Crippen LogP contribution < -0.4 is 0 Å². The van der Waals surface area contributed by atoms with Gasteiger partial charge in [-0.3, -0.25) is 9.59 Å². The van der Waals surface area contributed by atoms with Gasteiger partial charge >= 0.3 is 11.9 Å². The van der Waals surface area contributed by atoms with Gasteiger partial charge in [0.15, 0.2) is 0 Å². The molecule has 5 nitrogen and oxygen atoms in total. The first-order valence-corrected chi connectivity index (χ1v) is 14.3. The lowest BCUT2D eigenvalue weighted by atomic mass is 9.41. The number of ether oxygens (including phenoxy) is 2. The summed E-state index contributed by atoms with van der Waals surface area (Å²) >= 11 is 0. The van der Waals surface area contributed by atoms with Crippen LogP contribution in [-0.2, 0) is 23.9 Å². The quantitative estimate of drug-likeness (QED) is 0.308. The van der Waals surface area contributed by atoms with E-state index < -0.39 is 0 Å². The second kappa shape index (κ2) is 10.2. The fraction of sp³-hybridized carbons (Fsp3) is 0.900. The molecule has 0 aromatic carbocycles. The molecule has 0 aliphatic heterocycles. The first kappa shape index (κ1) is 26.7. The molecule has 0 amide bonds. The molecular formula is C30H48O5. The van der Waals surface area contributed by atoms with E-state index in [0.29, 0.717) is 47.8 Å². The summed E-state index contributed by atoms with van der Waals surface area (Å²) in [6, 6.07) is 0. The van der Waals surface area contributed by atoms with E-state index >= 15 is 0 Å². The van der Waals surface area contributed by atoms with E-state index in [1.54, 1.807) is 6.92 Å². The van der Waals surface area contributed by atoms with Gasteiger partial charge in [0.25, 0.3) is 0 Å². The van der Waals surface area contributed by atoms with E-state index in [1.165, 1.54) is 32.6 Å². The number of fused-ring (bicyclic) bond motifs is 5. The number of aldehydes is 1. The number of hydrogen-bond acceptors (Lipinski definition) is 5. The van der Waals surface area contributed by atoms with Crippen molar-refractivity contribution >= 4 is 18.2 Å². The third-order valence-corrected chi connectivity index (χ3v) is 11.5. The van der Waals surface area contributed by atoms with Gasteiger partial charge in [0.05, 0.1) is 0 Å². The molecule has 4 fully saturated rings. The van der Waals surface area contributed by atoms with Crippen LogP contribution in [0, 0.1) is 52.3 Å². The first-order chi connectivity index (χ1) is 16.6. The molecule has 0 N–H and O–H groups in total. The van der Waals surface area contributed by atoms with Gasteiger partial charge in [0.2, 0.25) is 0 Å². The summed E-state index contributed by atoms with van der Waals surface area (Å²) in [6.07, 6.45) is 11.4. The second-order valence-electron chi connectivity index (χ2n) is 13.0. The molecule has 198 valence electrons. The maximum absolute atomic E-state index is 12.4. The molecule has 5 heteroatoms.